The Balaban J connectivity index is 1.97. The first-order valence-corrected chi connectivity index (χ1v) is 6.83. The van der Waals surface area contributed by atoms with Gasteiger partial charge in [-0.2, -0.15) is 0 Å². The molecule has 0 radical (unpaired) electrons. The van der Waals surface area contributed by atoms with E-state index in [0.29, 0.717) is 18.1 Å². The number of hydrogen-bond acceptors (Lipinski definition) is 2. The number of hydrogen-bond donors (Lipinski definition) is 0. The zero-order valence-electron chi connectivity index (χ0n) is 11.1. The van der Waals surface area contributed by atoms with Crippen molar-refractivity contribution in [2.45, 2.75) is 44.8 Å². The van der Waals surface area contributed by atoms with Crippen molar-refractivity contribution in [3.05, 3.63) is 47.7 Å². The summed E-state index contributed by atoms with van der Waals surface area (Å²) in [5.74, 6) is 0. The standard InChI is InChI=1S/C16H20N2/c1-12-7-8-13(2)18(12)16-9-10-17-11-15(16)14-5-3-4-6-14/h3-6,9-13,16H,7-8H2,1-2H3/t12-,13-,16?/m1/s1. The Morgan fingerprint density at radius 3 is 2.44 bits per heavy atom. The molecule has 0 amide bonds. The van der Waals surface area contributed by atoms with Crippen LogP contribution in [0.5, 0.6) is 0 Å². The van der Waals surface area contributed by atoms with Gasteiger partial charge in [0.15, 0.2) is 0 Å². The van der Waals surface area contributed by atoms with Gasteiger partial charge < -0.3 is 0 Å². The average molecular weight is 240 g/mol. The predicted octanol–water partition coefficient (Wildman–Crippen LogP) is 3.25. The largest absolute Gasteiger partial charge is 0.287 e. The molecule has 0 aromatic rings. The number of likely N-dealkylation sites (tertiary alicyclic amines) is 1. The number of nitrogens with zero attached hydrogens (tertiary/aromatic N) is 2. The minimum absolute atomic E-state index is 0.386. The highest BCUT2D eigenvalue weighted by atomic mass is 15.2. The highest BCUT2D eigenvalue weighted by molar-refractivity contribution is 5.86. The topological polar surface area (TPSA) is 15.6 Å². The van der Waals surface area contributed by atoms with E-state index >= 15 is 0 Å². The molecule has 1 aliphatic carbocycles. The van der Waals surface area contributed by atoms with E-state index in [1.165, 1.54) is 24.0 Å². The maximum Gasteiger partial charge on any atom is 0.0575 e. The van der Waals surface area contributed by atoms with Crippen LogP contribution in [0.1, 0.15) is 26.7 Å². The summed E-state index contributed by atoms with van der Waals surface area (Å²) in [6, 6.07) is 1.70. The first kappa shape index (κ1) is 11.7. The van der Waals surface area contributed by atoms with Crippen molar-refractivity contribution in [3.8, 4) is 0 Å². The molecule has 1 unspecified atom stereocenters. The highest BCUT2D eigenvalue weighted by Crippen LogP contribution is 2.31. The Bertz CT molecular complexity index is 455. The molecular weight excluding hydrogens is 220 g/mol. The molecular formula is C16H20N2. The Morgan fingerprint density at radius 2 is 1.78 bits per heavy atom. The minimum Gasteiger partial charge on any atom is -0.287 e. The SMILES string of the molecule is C[C@@H]1CC[C@@H](C)N1C1C=CN=CC1=C1C=CC=C1. The van der Waals surface area contributed by atoms with Crippen molar-refractivity contribution >= 4 is 6.21 Å². The van der Waals surface area contributed by atoms with Crippen molar-refractivity contribution in [2.75, 3.05) is 0 Å². The molecule has 18 heavy (non-hydrogen) atoms. The maximum atomic E-state index is 4.32. The van der Waals surface area contributed by atoms with Gasteiger partial charge in [0.25, 0.3) is 0 Å². The Labute approximate surface area is 109 Å². The molecule has 94 valence electrons. The van der Waals surface area contributed by atoms with E-state index in [-0.39, 0.29) is 0 Å². The molecule has 0 saturated carbocycles. The summed E-state index contributed by atoms with van der Waals surface area (Å²) in [5, 5.41) is 0. The Hall–Kier alpha value is -1.41. The summed E-state index contributed by atoms with van der Waals surface area (Å²) >= 11 is 0. The van der Waals surface area contributed by atoms with Crippen LogP contribution in [0.15, 0.2) is 52.7 Å². The van der Waals surface area contributed by atoms with Gasteiger partial charge >= 0.3 is 0 Å². The summed E-state index contributed by atoms with van der Waals surface area (Å²) in [5.41, 5.74) is 2.64. The molecule has 0 bridgehead atoms. The summed E-state index contributed by atoms with van der Waals surface area (Å²) < 4.78 is 0. The third kappa shape index (κ3) is 1.91. The van der Waals surface area contributed by atoms with Crippen molar-refractivity contribution in [1.29, 1.82) is 0 Å². The second-order valence-electron chi connectivity index (χ2n) is 5.42. The van der Waals surface area contributed by atoms with Crippen molar-refractivity contribution in [2.24, 2.45) is 4.99 Å². The Kier molecular flexibility index (Phi) is 3.04. The lowest BCUT2D eigenvalue weighted by molar-refractivity contribution is 0.196. The van der Waals surface area contributed by atoms with Crippen LogP contribution in [0.4, 0.5) is 0 Å². The highest BCUT2D eigenvalue weighted by Gasteiger charge is 2.34. The molecule has 2 heterocycles. The lowest BCUT2D eigenvalue weighted by Crippen LogP contribution is -2.43. The van der Waals surface area contributed by atoms with Crippen molar-refractivity contribution in [1.82, 2.24) is 4.90 Å². The third-order valence-corrected chi connectivity index (χ3v) is 4.22. The van der Waals surface area contributed by atoms with Crippen molar-refractivity contribution < 1.29 is 0 Å². The molecule has 0 spiro atoms. The summed E-state index contributed by atoms with van der Waals surface area (Å²) in [4.78, 5) is 6.95. The summed E-state index contributed by atoms with van der Waals surface area (Å²) in [6.07, 6.45) is 17.4. The van der Waals surface area contributed by atoms with E-state index in [4.69, 9.17) is 0 Å². The van der Waals surface area contributed by atoms with Crippen LogP contribution in [0.25, 0.3) is 0 Å². The van der Waals surface area contributed by atoms with Crippen molar-refractivity contribution in [3.63, 3.8) is 0 Å². The zero-order valence-corrected chi connectivity index (χ0v) is 11.1. The number of rotatable bonds is 1. The second kappa shape index (κ2) is 4.69. The molecule has 0 aromatic heterocycles. The lowest BCUT2D eigenvalue weighted by atomic mass is 9.98. The van der Waals surface area contributed by atoms with E-state index in [0.717, 1.165) is 0 Å². The van der Waals surface area contributed by atoms with E-state index < -0.39 is 0 Å². The molecule has 3 rings (SSSR count). The molecule has 1 fully saturated rings. The van der Waals surface area contributed by atoms with Crippen LogP contribution in [0.3, 0.4) is 0 Å². The molecule has 2 heteroatoms. The van der Waals surface area contributed by atoms with Gasteiger partial charge in [-0.1, -0.05) is 24.3 Å². The predicted molar refractivity (Wildman–Crippen MR) is 76.7 cm³/mol. The first-order chi connectivity index (χ1) is 8.77. The fourth-order valence-electron chi connectivity index (χ4n) is 3.27. The van der Waals surface area contributed by atoms with Gasteiger partial charge in [0.05, 0.1) is 6.04 Å². The van der Waals surface area contributed by atoms with E-state index in [1.807, 2.05) is 12.4 Å². The van der Waals surface area contributed by atoms with Crippen LogP contribution < -0.4 is 0 Å². The number of allylic oxidation sites excluding steroid dienone is 5. The smallest absolute Gasteiger partial charge is 0.0575 e. The maximum absolute atomic E-state index is 4.32. The monoisotopic (exact) mass is 240 g/mol. The second-order valence-corrected chi connectivity index (χ2v) is 5.42. The molecule has 1 saturated heterocycles. The van der Waals surface area contributed by atoms with Crippen LogP contribution >= 0.6 is 0 Å². The van der Waals surface area contributed by atoms with Gasteiger partial charge in [-0.15, -0.1) is 0 Å². The summed E-state index contributed by atoms with van der Waals surface area (Å²) in [6.45, 7) is 4.68. The Morgan fingerprint density at radius 1 is 1.11 bits per heavy atom. The quantitative estimate of drug-likeness (QED) is 0.687. The fraction of sp³-hybridized carbons (Fsp3) is 0.438. The molecule has 2 aliphatic heterocycles. The fourth-order valence-corrected chi connectivity index (χ4v) is 3.27. The molecule has 0 N–H and O–H groups in total. The van der Waals surface area contributed by atoms with Crippen LogP contribution in [0, 0.1) is 0 Å². The average Bonchev–Trinajstić information content (AvgIpc) is 3.00. The number of aliphatic imine (C=N–C) groups is 1. The van der Waals surface area contributed by atoms with Crippen LogP contribution in [-0.4, -0.2) is 29.2 Å². The van der Waals surface area contributed by atoms with Gasteiger partial charge in [0.1, 0.15) is 0 Å². The van der Waals surface area contributed by atoms with E-state index in [1.54, 1.807) is 0 Å². The third-order valence-electron chi connectivity index (χ3n) is 4.22. The van der Waals surface area contributed by atoms with Gasteiger partial charge in [-0.05, 0) is 43.9 Å². The van der Waals surface area contributed by atoms with Crippen LogP contribution in [-0.2, 0) is 0 Å². The molecule has 0 aromatic carbocycles. The molecule has 3 atom stereocenters. The van der Waals surface area contributed by atoms with Gasteiger partial charge in [0.2, 0.25) is 0 Å². The van der Waals surface area contributed by atoms with Gasteiger partial charge in [0, 0.05) is 24.5 Å². The molecule has 2 nitrogen and oxygen atoms in total. The van der Waals surface area contributed by atoms with Crippen LogP contribution in [0.2, 0.25) is 0 Å². The molecule has 3 aliphatic rings. The van der Waals surface area contributed by atoms with E-state index in [2.05, 4.69) is 54.1 Å². The first-order valence-electron chi connectivity index (χ1n) is 6.83. The zero-order chi connectivity index (χ0) is 12.5. The summed E-state index contributed by atoms with van der Waals surface area (Å²) in [7, 11) is 0. The minimum atomic E-state index is 0.386. The van der Waals surface area contributed by atoms with Gasteiger partial charge in [-0.25, -0.2) is 0 Å². The lowest BCUT2D eigenvalue weighted by Gasteiger charge is -2.35. The normalized spacial score (nSPS) is 35.1. The van der Waals surface area contributed by atoms with E-state index in [9.17, 15) is 0 Å². The van der Waals surface area contributed by atoms with Gasteiger partial charge in [-0.3, -0.25) is 9.89 Å².